The fourth-order valence-corrected chi connectivity index (χ4v) is 3.40. The van der Waals surface area contributed by atoms with Gasteiger partial charge in [-0.3, -0.25) is 4.79 Å². The number of halogens is 1. The molecule has 1 heterocycles. The molecular weight excluding hydrogens is 372 g/mol. The molecule has 3 rings (SSSR count). The van der Waals surface area contributed by atoms with E-state index in [1.165, 1.54) is 11.8 Å². The second-order valence-electron chi connectivity index (χ2n) is 5.47. The smallest absolute Gasteiger partial charge is 0.264 e. The summed E-state index contributed by atoms with van der Waals surface area (Å²) in [7, 11) is 3.17. The van der Waals surface area contributed by atoms with Gasteiger partial charge in [0.05, 0.1) is 24.8 Å². The van der Waals surface area contributed by atoms with Crippen molar-refractivity contribution in [2.45, 2.75) is 6.92 Å². The molecule has 5 nitrogen and oxygen atoms in total. The van der Waals surface area contributed by atoms with E-state index in [0.717, 1.165) is 16.8 Å². The quantitative estimate of drug-likeness (QED) is 0.780. The van der Waals surface area contributed by atoms with E-state index in [1.54, 1.807) is 38.5 Å². The van der Waals surface area contributed by atoms with Crippen molar-refractivity contribution in [2.24, 2.45) is 4.99 Å². The van der Waals surface area contributed by atoms with Gasteiger partial charge in [0.2, 0.25) is 0 Å². The Hall–Kier alpha value is -2.44. The van der Waals surface area contributed by atoms with Crippen LogP contribution < -0.4 is 14.8 Å². The van der Waals surface area contributed by atoms with Crippen LogP contribution >= 0.6 is 23.4 Å². The first-order valence-electron chi connectivity index (χ1n) is 7.78. The van der Waals surface area contributed by atoms with Crippen LogP contribution in [0.5, 0.6) is 11.5 Å². The first kappa shape index (κ1) is 18.4. The zero-order valence-corrected chi connectivity index (χ0v) is 16.1. The van der Waals surface area contributed by atoms with Gasteiger partial charge < -0.3 is 14.8 Å². The summed E-state index contributed by atoms with van der Waals surface area (Å²) in [6.45, 7) is 1.89. The van der Waals surface area contributed by atoms with E-state index >= 15 is 0 Å². The molecule has 134 valence electrons. The number of hydrogen-bond acceptors (Lipinski definition) is 5. The second-order valence-corrected chi connectivity index (χ2v) is 6.91. The fourth-order valence-electron chi connectivity index (χ4n) is 2.40. The van der Waals surface area contributed by atoms with Gasteiger partial charge in [-0.25, -0.2) is 4.99 Å². The Kier molecular flexibility index (Phi) is 5.54. The Balaban J connectivity index is 1.92. The predicted molar refractivity (Wildman–Crippen MR) is 107 cm³/mol. The number of aliphatic imine (C=N–C) groups is 1. The van der Waals surface area contributed by atoms with Crippen molar-refractivity contribution in [3.05, 3.63) is 57.5 Å². The molecule has 0 aromatic heterocycles. The minimum Gasteiger partial charge on any atom is -0.497 e. The van der Waals surface area contributed by atoms with Crippen LogP contribution in [-0.2, 0) is 4.79 Å². The second kappa shape index (κ2) is 7.85. The Labute approximate surface area is 161 Å². The SMILES string of the molecule is COc1ccc(OC)c(/C=C2\SC(=Nc3cccc(Cl)c3C)NC2=O)c1. The molecule has 1 aliphatic heterocycles. The number of thioether (sulfide) groups is 1. The average molecular weight is 389 g/mol. The van der Waals surface area contributed by atoms with Gasteiger partial charge in [0.25, 0.3) is 5.91 Å². The zero-order chi connectivity index (χ0) is 18.7. The number of amides is 1. The topological polar surface area (TPSA) is 59.9 Å². The van der Waals surface area contributed by atoms with Crippen molar-refractivity contribution in [3.63, 3.8) is 0 Å². The standard InChI is InChI=1S/C19H17ClN2O3S/c1-11-14(20)5-4-6-15(11)21-19-22-18(23)17(26-19)10-12-9-13(24-2)7-8-16(12)25-3/h4-10H,1-3H3,(H,21,22,23)/b17-10-. The van der Waals surface area contributed by atoms with E-state index in [0.29, 0.717) is 26.6 Å². The Morgan fingerprint density at radius 2 is 2.00 bits per heavy atom. The average Bonchev–Trinajstić information content (AvgIpc) is 2.98. The van der Waals surface area contributed by atoms with Gasteiger partial charge in [-0.15, -0.1) is 0 Å². The molecular formula is C19H17ClN2O3S. The van der Waals surface area contributed by atoms with Crippen molar-refractivity contribution < 1.29 is 14.3 Å². The summed E-state index contributed by atoms with van der Waals surface area (Å²) in [5.41, 5.74) is 2.34. The lowest BCUT2D eigenvalue weighted by Gasteiger charge is -2.07. The Morgan fingerprint density at radius 1 is 1.19 bits per heavy atom. The summed E-state index contributed by atoms with van der Waals surface area (Å²) in [5.74, 6) is 1.13. The van der Waals surface area contributed by atoms with Gasteiger partial charge in [0.15, 0.2) is 5.17 Å². The number of hydrogen-bond donors (Lipinski definition) is 1. The number of nitrogens with one attached hydrogen (secondary N) is 1. The van der Waals surface area contributed by atoms with Gasteiger partial charge in [0.1, 0.15) is 11.5 Å². The highest BCUT2D eigenvalue weighted by molar-refractivity contribution is 8.18. The molecule has 7 heteroatoms. The number of ether oxygens (including phenoxy) is 2. The summed E-state index contributed by atoms with van der Waals surface area (Å²) in [6, 6.07) is 10.9. The highest BCUT2D eigenvalue weighted by Gasteiger charge is 2.24. The van der Waals surface area contributed by atoms with Crippen LogP contribution in [0, 0.1) is 6.92 Å². The summed E-state index contributed by atoms with van der Waals surface area (Å²) < 4.78 is 10.6. The van der Waals surface area contributed by atoms with Crippen LogP contribution in [-0.4, -0.2) is 25.3 Å². The lowest BCUT2D eigenvalue weighted by atomic mass is 10.1. The van der Waals surface area contributed by atoms with E-state index in [4.69, 9.17) is 21.1 Å². The number of rotatable bonds is 4. The third kappa shape index (κ3) is 3.86. The molecule has 0 spiro atoms. The van der Waals surface area contributed by atoms with E-state index in [-0.39, 0.29) is 5.91 Å². The molecule has 0 atom stereocenters. The summed E-state index contributed by atoms with van der Waals surface area (Å²) in [6.07, 6.45) is 1.76. The predicted octanol–water partition coefficient (Wildman–Crippen LogP) is 4.56. The minimum absolute atomic E-state index is 0.210. The Morgan fingerprint density at radius 3 is 2.73 bits per heavy atom. The third-order valence-electron chi connectivity index (χ3n) is 3.84. The third-order valence-corrected chi connectivity index (χ3v) is 5.15. The highest BCUT2D eigenvalue weighted by Crippen LogP contribution is 2.33. The first-order valence-corrected chi connectivity index (χ1v) is 8.98. The molecule has 0 radical (unpaired) electrons. The number of nitrogens with zero attached hydrogens (tertiary/aromatic N) is 1. The monoisotopic (exact) mass is 388 g/mol. The molecule has 0 saturated carbocycles. The van der Waals surface area contributed by atoms with Crippen LogP contribution in [0.4, 0.5) is 5.69 Å². The van der Waals surface area contributed by atoms with E-state index in [2.05, 4.69) is 10.3 Å². The Bertz CT molecular complexity index is 925. The number of benzene rings is 2. The summed E-state index contributed by atoms with van der Waals surface area (Å²) in [5, 5.41) is 3.92. The summed E-state index contributed by atoms with van der Waals surface area (Å²) in [4.78, 5) is 17.3. The number of amidine groups is 1. The normalized spacial score (nSPS) is 16.8. The van der Waals surface area contributed by atoms with Crippen molar-refractivity contribution in [2.75, 3.05) is 14.2 Å². The van der Waals surface area contributed by atoms with Crippen molar-refractivity contribution in [1.82, 2.24) is 5.32 Å². The van der Waals surface area contributed by atoms with Gasteiger partial charge in [-0.2, -0.15) is 0 Å². The lowest BCUT2D eigenvalue weighted by Crippen LogP contribution is -2.19. The molecule has 1 saturated heterocycles. The van der Waals surface area contributed by atoms with E-state index < -0.39 is 0 Å². The van der Waals surface area contributed by atoms with E-state index in [9.17, 15) is 4.79 Å². The molecule has 2 aromatic carbocycles. The number of carbonyl (C=O) groups excluding carboxylic acids is 1. The highest BCUT2D eigenvalue weighted by atomic mass is 35.5. The van der Waals surface area contributed by atoms with Gasteiger partial charge >= 0.3 is 0 Å². The number of methoxy groups -OCH3 is 2. The van der Waals surface area contributed by atoms with Crippen molar-refractivity contribution in [1.29, 1.82) is 0 Å². The molecule has 0 aliphatic carbocycles. The lowest BCUT2D eigenvalue weighted by molar-refractivity contribution is -0.115. The van der Waals surface area contributed by atoms with Crippen LogP contribution in [0.1, 0.15) is 11.1 Å². The maximum absolute atomic E-state index is 12.3. The van der Waals surface area contributed by atoms with Gasteiger partial charge in [-0.1, -0.05) is 17.7 Å². The molecule has 2 aromatic rings. The molecule has 0 unspecified atom stereocenters. The zero-order valence-electron chi connectivity index (χ0n) is 14.5. The maximum Gasteiger partial charge on any atom is 0.264 e. The molecule has 1 fully saturated rings. The van der Waals surface area contributed by atoms with Crippen LogP contribution in [0.15, 0.2) is 46.3 Å². The fraction of sp³-hybridized carbons (Fsp3) is 0.158. The molecule has 1 N–H and O–H groups in total. The first-order chi connectivity index (χ1) is 12.5. The molecule has 1 aliphatic rings. The minimum atomic E-state index is -0.210. The molecule has 26 heavy (non-hydrogen) atoms. The largest absolute Gasteiger partial charge is 0.497 e. The van der Waals surface area contributed by atoms with Crippen molar-refractivity contribution in [3.8, 4) is 11.5 Å². The maximum atomic E-state index is 12.3. The van der Waals surface area contributed by atoms with Crippen LogP contribution in [0.3, 0.4) is 0 Å². The van der Waals surface area contributed by atoms with Crippen LogP contribution in [0.2, 0.25) is 5.02 Å². The van der Waals surface area contributed by atoms with Gasteiger partial charge in [0, 0.05) is 10.6 Å². The molecule has 0 bridgehead atoms. The number of carbonyl (C=O) groups is 1. The van der Waals surface area contributed by atoms with Crippen molar-refractivity contribution >= 4 is 46.2 Å². The van der Waals surface area contributed by atoms with E-state index in [1.807, 2.05) is 25.1 Å². The molecule has 1 amide bonds. The summed E-state index contributed by atoms with van der Waals surface area (Å²) >= 11 is 7.39. The van der Waals surface area contributed by atoms with Crippen LogP contribution in [0.25, 0.3) is 6.08 Å². The van der Waals surface area contributed by atoms with Gasteiger partial charge in [-0.05, 0) is 60.7 Å².